The summed E-state index contributed by atoms with van der Waals surface area (Å²) in [6.45, 7) is -0.426. The summed E-state index contributed by atoms with van der Waals surface area (Å²) < 4.78 is 5.10. The molecule has 0 fully saturated rings. The second-order valence-electron chi connectivity index (χ2n) is 3.80. The Kier molecular flexibility index (Phi) is 5.79. The van der Waals surface area contributed by atoms with Crippen molar-refractivity contribution in [1.82, 2.24) is 5.32 Å². The zero-order chi connectivity index (χ0) is 15.1. The van der Waals surface area contributed by atoms with Crippen molar-refractivity contribution in [3.8, 4) is 5.75 Å². The summed E-state index contributed by atoms with van der Waals surface area (Å²) in [4.78, 5) is 32.7. The number of ether oxygens (including phenoxy) is 1. The van der Waals surface area contributed by atoms with Crippen LogP contribution in [0.3, 0.4) is 0 Å². The third-order valence-electron chi connectivity index (χ3n) is 2.20. The van der Waals surface area contributed by atoms with Gasteiger partial charge in [-0.3, -0.25) is 9.59 Å². The number of carboxylic acid groups (broad SMARTS) is 2. The lowest BCUT2D eigenvalue weighted by Gasteiger charge is -2.12. The van der Waals surface area contributed by atoms with Gasteiger partial charge in [-0.2, -0.15) is 0 Å². The van der Waals surface area contributed by atoms with Gasteiger partial charge in [-0.25, -0.2) is 4.79 Å². The van der Waals surface area contributed by atoms with Crippen LogP contribution in [0.15, 0.2) is 24.3 Å². The number of aliphatic carboxylic acids is 2. The molecule has 0 heterocycles. The second-order valence-corrected chi connectivity index (χ2v) is 4.24. The predicted molar refractivity (Wildman–Crippen MR) is 68.8 cm³/mol. The van der Waals surface area contributed by atoms with Gasteiger partial charge >= 0.3 is 11.9 Å². The van der Waals surface area contributed by atoms with E-state index in [9.17, 15) is 14.4 Å². The number of benzene rings is 1. The molecule has 1 amide bonds. The van der Waals surface area contributed by atoms with Gasteiger partial charge in [0, 0.05) is 5.02 Å². The minimum Gasteiger partial charge on any atom is -0.484 e. The number of halogens is 1. The zero-order valence-corrected chi connectivity index (χ0v) is 11.0. The van der Waals surface area contributed by atoms with Gasteiger partial charge in [-0.05, 0) is 24.3 Å². The van der Waals surface area contributed by atoms with Crippen LogP contribution in [0.25, 0.3) is 0 Å². The molecule has 0 bridgehead atoms. The Morgan fingerprint density at radius 2 is 1.80 bits per heavy atom. The minimum absolute atomic E-state index is 0.384. The van der Waals surface area contributed by atoms with Crippen LogP contribution in [0.5, 0.6) is 5.75 Å². The highest BCUT2D eigenvalue weighted by atomic mass is 35.5. The largest absolute Gasteiger partial charge is 0.484 e. The first-order valence-corrected chi connectivity index (χ1v) is 5.88. The van der Waals surface area contributed by atoms with Crippen molar-refractivity contribution in [3.63, 3.8) is 0 Å². The number of carbonyl (C=O) groups excluding carboxylic acids is 1. The van der Waals surface area contributed by atoms with E-state index in [0.717, 1.165) is 0 Å². The Bertz CT molecular complexity index is 501. The molecule has 20 heavy (non-hydrogen) atoms. The highest BCUT2D eigenvalue weighted by Crippen LogP contribution is 2.15. The fraction of sp³-hybridized carbons (Fsp3) is 0.250. The van der Waals surface area contributed by atoms with E-state index in [1.807, 2.05) is 0 Å². The van der Waals surface area contributed by atoms with Crippen LogP contribution in [-0.2, 0) is 14.4 Å². The summed E-state index contributed by atoms with van der Waals surface area (Å²) in [5.41, 5.74) is 0. The van der Waals surface area contributed by atoms with E-state index in [2.05, 4.69) is 5.32 Å². The smallest absolute Gasteiger partial charge is 0.326 e. The van der Waals surface area contributed by atoms with Gasteiger partial charge in [0.25, 0.3) is 5.91 Å². The SMILES string of the molecule is O=C(O)C[C@@H](NC(=O)COc1ccc(Cl)cc1)C(=O)O. The molecule has 0 aliphatic carbocycles. The molecule has 7 nitrogen and oxygen atoms in total. The number of hydrogen-bond donors (Lipinski definition) is 3. The molecule has 0 unspecified atom stereocenters. The lowest BCUT2D eigenvalue weighted by atomic mass is 10.2. The number of carboxylic acids is 2. The Hall–Kier alpha value is -2.28. The Morgan fingerprint density at radius 3 is 2.30 bits per heavy atom. The van der Waals surface area contributed by atoms with Gasteiger partial charge in [-0.15, -0.1) is 0 Å². The van der Waals surface area contributed by atoms with E-state index >= 15 is 0 Å². The molecule has 1 rings (SSSR count). The van der Waals surface area contributed by atoms with Crippen LogP contribution in [0, 0.1) is 0 Å². The summed E-state index contributed by atoms with van der Waals surface area (Å²) in [5, 5.41) is 19.8. The number of rotatable bonds is 7. The molecule has 0 radical (unpaired) electrons. The topological polar surface area (TPSA) is 113 Å². The molecule has 1 aromatic rings. The van der Waals surface area contributed by atoms with E-state index in [0.29, 0.717) is 10.8 Å². The second kappa shape index (κ2) is 7.34. The normalized spacial score (nSPS) is 11.4. The van der Waals surface area contributed by atoms with Crippen LogP contribution in [-0.4, -0.2) is 40.7 Å². The summed E-state index contributed by atoms with van der Waals surface area (Å²) in [5.74, 6) is -3.09. The third kappa shape index (κ3) is 5.57. The van der Waals surface area contributed by atoms with Crippen LogP contribution >= 0.6 is 11.6 Å². The first kappa shape index (κ1) is 15.8. The fourth-order valence-electron chi connectivity index (χ4n) is 1.29. The molecule has 0 spiro atoms. The molecular weight excluding hydrogens is 290 g/mol. The van der Waals surface area contributed by atoms with Crippen molar-refractivity contribution in [1.29, 1.82) is 0 Å². The average Bonchev–Trinajstić information content (AvgIpc) is 2.36. The van der Waals surface area contributed by atoms with Crippen LogP contribution < -0.4 is 10.1 Å². The number of hydrogen-bond acceptors (Lipinski definition) is 4. The molecule has 108 valence electrons. The highest BCUT2D eigenvalue weighted by molar-refractivity contribution is 6.30. The summed E-state index contributed by atoms with van der Waals surface area (Å²) >= 11 is 5.67. The predicted octanol–water partition coefficient (Wildman–Crippen LogP) is 0.763. The van der Waals surface area contributed by atoms with Crippen molar-refractivity contribution in [2.75, 3.05) is 6.61 Å². The maximum atomic E-state index is 11.5. The van der Waals surface area contributed by atoms with E-state index < -0.39 is 36.9 Å². The van der Waals surface area contributed by atoms with Crippen LogP contribution in [0.4, 0.5) is 0 Å². The fourth-order valence-corrected chi connectivity index (χ4v) is 1.42. The Balaban J connectivity index is 2.47. The quantitative estimate of drug-likeness (QED) is 0.685. The van der Waals surface area contributed by atoms with E-state index in [-0.39, 0.29) is 0 Å². The maximum absolute atomic E-state index is 11.5. The van der Waals surface area contributed by atoms with Crippen molar-refractivity contribution in [2.45, 2.75) is 12.5 Å². The summed E-state index contributed by atoms with van der Waals surface area (Å²) in [7, 11) is 0. The molecule has 0 aliphatic heterocycles. The number of carbonyl (C=O) groups is 3. The molecular formula is C12H12ClNO6. The minimum atomic E-state index is -1.49. The van der Waals surface area contributed by atoms with Gasteiger partial charge in [-0.1, -0.05) is 11.6 Å². The molecule has 8 heteroatoms. The molecule has 3 N–H and O–H groups in total. The average molecular weight is 302 g/mol. The van der Waals surface area contributed by atoms with Gasteiger partial charge < -0.3 is 20.3 Å². The van der Waals surface area contributed by atoms with E-state index in [1.165, 1.54) is 0 Å². The number of amides is 1. The molecule has 0 saturated carbocycles. The van der Waals surface area contributed by atoms with Gasteiger partial charge in [0.05, 0.1) is 6.42 Å². The molecule has 1 atom stereocenters. The van der Waals surface area contributed by atoms with Crippen molar-refractivity contribution in [3.05, 3.63) is 29.3 Å². The Labute approximate surface area is 119 Å². The van der Waals surface area contributed by atoms with Crippen molar-refractivity contribution in [2.24, 2.45) is 0 Å². The van der Waals surface area contributed by atoms with Crippen LogP contribution in [0.2, 0.25) is 5.02 Å². The molecule has 0 aromatic heterocycles. The van der Waals surface area contributed by atoms with E-state index in [4.69, 9.17) is 26.6 Å². The maximum Gasteiger partial charge on any atom is 0.326 e. The van der Waals surface area contributed by atoms with E-state index in [1.54, 1.807) is 24.3 Å². The van der Waals surface area contributed by atoms with Gasteiger partial charge in [0.15, 0.2) is 6.61 Å². The highest BCUT2D eigenvalue weighted by Gasteiger charge is 2.23. The summed E-state index contributed by atoms with van der Waals surface area (Å²) in [6.07, 6.45) is -0.706. The zero-order valence-electron chi connectivity index (χ0n) is 10.2. The lowest BCUT2D eigenvalue weighted by molar-refractivity contribution is -0.147. The monoisotopic (exact) mass is 301 g/mol. The third-order valence-corrected chi connectivity index (χ3v) is 2.45. The van der Waals surface area contributed by atoms with Gasteiger partial charge in [0.1, 0.15) is 11.8 Å². The first-order chi connectivity index (χ1) is 9.38. The number of nitrogens with one attached hydrogen (secondary N) is 1. The first-order valence-electron chi connectivity index (χ1n) is 5.51. The molecule has 0 saturated heterocycles. The molecule has 1 aromatic carbocycles. The lowest BCUT2D eigenvalue weighted by Crippen LogP contribution is -2.44. The molecule has 0 aliphatic rings. The van der Waals surface area contributed by atoms with Crippen molar-refractivity contribution >= 4 is 29.4 Å². The summed E-state index contributed by atoms with van der Waals surface area (Å²) in [6, 6.07) is 4.73. The van der Waals surface area contributed by atoms with Crippen molar-refractivity contribution < 1.29 is 29.3 Å². The van der Waals surface area contributed by atoms with Crippen LogP contribution in [0.1, 0.15) is 6.42 Å². The standard InChI is InChI=1S/C12H12ClNO6/c13-7-1-3-8(4-2-7)20-6-10(15)14-9(12(18)19)5-11(16)17/h1-4,9H,5-6H2,(H,14,15)(H,16,17)(H,18,19)/t9-/m1/s1. The van der Waals surface area contributed by atoms with Gasteiger partial charge in [0.2, 0.25) is 0 Å². The Morgan fingerprint density at radius 1 is 1.20 bits per heavy atom.